The van der Waals surface area contributed by atoms with Gasteiger partial charge in [-0.3, -0.25) is 14.9 Å². The lowest BCUT2D eigenvalue weighted by Crippen LogP contribution is -2.54. The second-order valence-corrected chi connectivity index (χ2v) is 7.58. The zero-order valence-corrected chi connectivity index (χ0v) is 19.8. The summed E-state index contributed by atoms with van der Waals surface area (Å²) in [6, 6.07) is 15.1. The number of carbonyl (C=O) groups excluding carboxylic acids is 3. The van der Waals surface area contributed by atoms with Crippen LogP contribution in [-0.4, -0.2) is 37.7 Å². The number of barbiturate groups is 1. The molecule has 0 bridgehead atoms. The first-order valence-corrected chi connectivity index (χ1v) is 11.4. The molecule has 1 fully saturated rings. The third-order valence-corrected chi connectivity index (χ3v) is 5.40. The summed E-state index contributed by atoms with van der Waals surface area (Å²) < 4.78 is 16.9. The van der Waals surface area contributed by atoms with Gasteiger partial charge in [-0.25, -0.2) is 9.69 Å². The molecule has 4 amide bonds. The van der Waals surface area contributed by atoms with Crippen LogP contribution in [0.2, 0.25) is 0 Å². The molecule has 3 aromatic rings. The predicted molar refractivity (Wildman–Crippen MR) is 133 cm³/mol. The molecule has 0 aromatic heterocycles. The van der Waals surface area contributed by atoms with Crippen LogP contribution in [0.3, 0.4) is 0 Å². The van der Waals surface area contributed by atoms with Gasteiger partial charge in [0.15, 0.2) is 0 Å². The normalized spacial score (nSPS) is 14.9. The minimum atomic E-state index is -0.858. The Labute approximate surface area is 203 Å². The van der Waals surface area contributed by atoms with E-state index in [1.165, 1.54) is 6.08 Å². The van der Waals surface area contributed by atoms with Crippen LogP contribution < -0.4 is 24.4 Å². The van der Waals surface area contributed by atoms with Crippen molar-refractivity contribution < 1.29 is 28.6 Å². The van der Waals surface area contributed by atoms with E-state index in [1.54, 1.807) is 37.3 Å². The summed E-state index contributed by atoms with van der Waals surface area (Å²) in [5.41, 5.74) is 0.656. The van der Waals surface area contributed by atoms with Gasteiger partial charge in [0.05, 0.1) is 25.5 Å². The molecule has 3 aromatic carbocycles. The number of carbonyl (C=O) groups is 3. The van der Waals surface area contributed by atoms with Crippen LogP contribution >= 0.6 is 0 Å². The third-order valence-electron chi connectivity index (χ3n) is 5.40. The van der Waals surface area contributed by atoms with Gasteiger partial charge in [0, 0.05) is 11.5 Å². The van der Waals surface area contributed by atoms with Crippen molar-refractivity contribution in [2.24, 2.45) is 0 Å². The van der Waals surface area contributed by atoms with Crippen molar-refractivity contribution >= 4 is 40.4 Å². The van der Waals surface area contributed by atoms with Crippen molar-refractivity contribution in [3.63, 3.8) is 0 Å². The maximum absolute atomic E-state index is 13.5. The number of imide groups is 2. The fourth-order valence-corrected chi connectivity index (χ4v) is 3.94. The molecule has 1 saturated heterocycles. The largest absolute Gasteiger partial charge is 0.494 e. The van der Waals surface area contributed by atoms with E-state index >= 15 is 0 Å². The predicted octanol–water partition coefficient (Wildman–Crippen LogP) is 4.70. The van der Waals surface area contributed by atoms with E-state index in [4.69, 9.17) is 14.2 Å². The molecule has 1 aliphatic rings. The topological polar surface area (TPSA) is 94.2 Å². The average molecular weight is 475 g/mol. The number of amides is 4. The average Bonchev–Trinajstić information content (AvgIpc) is 2.84. The van der Waals surface area contributed by atoms with Gasteiger partial charge in [-0.05, 0) is 56.0 Å². The highest BCUT2D eigenvalue weighted by Gasteiger charge is 2.38. The monoisotopic (exact) mass is 474 g/mol. The smallest absolute Gasteiger partial charge is 0.336 e. The summed E-state index contributed by atoms with van der Waals surface area (Å²) in [7, 11) is 0. The maximum Gasteiger partial charge on any atom is 0.336 e. The van der Waals surface area contributed by atoms with Crippen molar-refractivity contribution in [2.45, 2.75) is 20.8 Å². The second kappa shape index (κ2) is 10.3. The summed E-state index contributed by atoms with van der Waals surface area (Å²) in [4.78, 5) is 40.0. The summed E-state index contributed by atoms with van der Waals surface area (Å²) in [6.07, 6.45) is 1.49. The Balaban J connectivity index is 1.81. The molecule has 0 radical (unpaired) electrons. The van der Waals surface area contributed by atoms with Crippen molar-refractivity contribution in [2.75, 3.05) is 24.7 Å². The van der Waals surface area contributed by atoms with E-state index < -0.39 is 17.8 Å². The zero-order valence-electron chi connectivity index (χ0n) is 19.8. The van der Waals surface area contributed by atoms with E-state index in [1.807, 2.05) is 38.1 Å². The first kappa shape index (κ1) is 23.8. The van der Waals surface area contributed by atoms with Crippen molar-refractivity contribution in [1.29, 1.82) is 0 Å². The van der Waals surface area contributed by atoms with Crippen LogP contribution in [0.25, 0.3) is 16.8 Å². The number of nitrogens with one attached hydrogen (secondary N) is 1. The fraction of sp³-hybridized carbons (Fsp3) is 0.222. The van der Waals surface area contributed by atoms with E-state index in [-0.39, 0.29) is 11.3 Å². The van der Waals surface area contributed by atoms with E-state index in [2.05, 4.69) is 5.32 Å². The molecule has 8 nitrogen and oxygen atoms in total. The van der Waals surface area contributed by atoms with Gasteiger partial charge in [-0.1, -0.05) is 30.3 Å². The molecule has 4 rings (SSSR count). The molecule has 8 heteroatoms. The Hall–Kier alpha value is -4.33. The van der Waals surface area contributed by atoms with Gasteiger partial charge in [0.2, 0.25) is 0 Å². The van der Waals surface area contributed by atoms with E-state index in [9.17, 15) is 14.4 Å². The molecular formula is C27H26N2O6. The number of nitrogens with zero attached hydrogens (tertiary/aromatic N) is 1. The Morgan fingerprint density at radius 1 is 0.800 bits per heavy atom. The van der Waals surface area contributed by atoms with Crippen LogP contribution in [0, 0.1) is 0 Å². The van der Waals surface area contributed by atoms with Crippen LogP contribution in [-0.2, 0) is 9.59 Å². The summed E-state index contributed by atoms with van der Waals surface area (Å²) >= 11 is 0. The van der Waals surface area contributed by atoms with Gasteiger partial charge in [-0.2, -0.15) is 0 Å². The van der Waals surface area contributed by atoms with Gasteiger partial charge in [0.25, 0.3) is 11.8 Å². The second-order valence-electron chi connectivity index (χ2n) is 7.58. The summed E-state index contributed by atoms with van der Waals surface area (Å²) in [5, 5.41) is 3.93. The lowest BCUT2D eigenvalue weighted by molar-refractivity contribution is -0.122. The molecule has 0 unspecified atom stereocenters. The molecule has 0 spiro atoms. The fourth-order valence-electron chi connectivity index (χ4n) is 3.94. The quantitative estimate of drug-likeness (QED) is 0.376. The Kier molecular flexibility index (Phi) is 7.01. The van der Waals surface area contributed by atoms with Gasteiger partial charge < -0.3 is 14.2 Å². The highest BCUT2D eigenvalue weighted by molar-refractivity contribution is 6.39. The number of ether oxygens (including phenoxy) is 3. The van der Waals surface area contributed by atoms with Crippen LogP contribution in [0.15, 0.2) is 60.2 Å². The van der Waals surface area contributed by atoms with Gasteiger partial charge >= 0.3 is 6.03 Å². The molecule has 35 heavy (non-hydrogen) atoms. The number of benzene rings is 3. The van der Waals surface area contributed by atoms with Crippen molar-refractivity contribution in [3.8, 4) is 17.2 Å². The molecule has 0 saturated carbocycles. The number of anilines is 1. The zero-order chi connectivity index (χ0) is 24.9. The van der Waals surface area contributed by atoms with Crippen LogP contribution in [0.5, 0.6) is 17.2 Å². The first-order chi connectivity index (χ1) is 17.0. The van der Waals surface area contributed by atoms with E-state index in [0.29, 0.717) is 42.6 Å². The third kappa shape index (κ3) is 4.68. The molecule has 0 atom stereocenters. The highest BCUT2D eigenvalue weighted by Crippen LogP contribution is 2.36. The van der Waals surface area contributed by atoms with Crippen molar-refractivity contribution in [3.05, 3.63) is 65.7 Å². The number of hydrogen-bond donors (Lipinski definition) is 1. The molecular weight excluding hydrogens is 448 g/mol. The Morgan fingerprint density at radius 2 is 1.46 bits per heavy atom. The molecule has 1 aliphatic heterocycles. The number of urea groups is 1. The summed E-state index contributed by atoms with van der Waals surface area (Å²) in [6.45, 7) is 6.76. The lowest BCUT2D eigenvalue weighted by Gasteiger charge is -2.28. The number of rotatable bonds is 8. The Morgan fingerprint density at radius 3 is 2.17 bits per heavy atom. The standard InChI is InChI=1S/C27H26N2O6/c1-4-33-18-12-14-24(35-6-3)22(16-18)29-26(31)21(25(30)28-27(29)32)15-17-11-13-23(34-5-2)20-10-8-7-9-19(17)20/h7-16H,4-6H2,1-3H3,(H,28,30,32)/b21-15+. The van der Waals surface area contributed by atoms with Gasteiger partial charge in [-0.15, -0.1) is 0 Å². The molecule has 180 valence electrons. The SMILES string of the molecule is CCOc1ccc(OCC)c(N2C(=O)NC(=O)/C(=C\c3ccc(OCC)c4ccccc34)C2=O)c1. The summed E-state index contributed by atoms with van der Waals surface area (Å²) in [5.74, 6) is -0.0406. The minimum absolute atomic E-state index is 0.178. The Bertz CT molecular complexity index is 1330. The first-order valence-electron chi connectivity index (χ1n) is 11.4. The molecule has 0 aliphatic carbocycles. The molecule has 1 heterocycles. The van der Waals surface area contributed by atoms with Crippen LogP contribution in [0.1, 0.15) is 26.3 Å². The molecule has 1 N–H and O–H groups in total. The maximum atomic E-state index is 13.5. The highest BCUT2D eigenvalue weighted by atomic mass is 16.5. The number of fused-ring (bicyclic) bond motifs is 1. The van der Waals surface area contributed by atoms with Crippen molar-refractivity contribution in [1.82, 2.24) is 5.32 Å². The minimum Gasteiger partial charge on any atom is -0.494 e. The van der Waals surface area contributed by atoms with Gasteiger partial charge in [0.1, 0.15) is 22.8 Å². The van der Waals surface area contributed by atoms with Crippen LogP contribution in [0.4, 0.5) is 10.5 Å². The van der Waals surface area contributed by atoms with E-state index in [0.717, 1.165) is 15.7 Å². The number of hydrogen-bond acceptors (Lipinski definition) is 6. The lowest BCUT2D eigenvalue weighted by atomic mass is 10.00.